The van der Waals surface area contributed by atoms with Crippen molar-refractivity contribution in [3.8, 4) is 0 Å². The van der Waals surface area contributed by atoms with E-state index in [0.29, 0.717) is 18.4 Å². The second-order valence-electron chi connectivity index (χ2n) is 10.7. The average Bonchev–Trinajstić information content (AvgIpc) is 3.13. The largest absolute Gasteiger partial charge is 0.457 e. The van der Waals surface area contributed by atoms with E-state index in [9.17, 15) is 19.5 Å². The maximum Gasteiger partial charge on any atom is 0.303 e. The highest BCUT2D eigenvalue weighted by Crippen LogP contribution is 2.58. The lowest BCUT2D eigenvalue weighted by Crippen LogP contribution is -2.60. The SMILES string of the molecule is C=C1[C@@H](O)C2/C=C/C[C@H](C)C(=O)[C@@H](C)/C=C/C(OC(C)=O)[C@]23C(=O)N[C@@H](Cc2ccccc2)[C@@H]3[C@@H]1C. The van der Waals surface area contributed by atoms with Crippen molar-refractivity contribution in [2.75, 3.05) is 0 Å². The van der Waals surface area contributed by atoms with Crippen molar-refractivity contribution >= 4 is 17.7 Å². The molecule has 6 nitrogen and oxygen atoms in total. The molecule has 4 rings (SSSR count). The van der Waals surface area contributed by atoms with Crippen molar-refractivity contribution in [1.82, 2.24) is 5.32 Å². The summed E-state index contributed by atoms with van der Waals surface area (Å²) in [5, 5.41) is 14.7. The molecule has 0 bridgehead atoms. The van der Waals surface area contributed by atoms with Crippen LogP contribution in [-0.2, 0) is 25.5 Å². The van der Waals surface area contributed by atoms with Gasteiger partial charge in [0.2, 0.25) is 5.91 Å². The molecule has 0 aromatic heterocycles. The van der Waals surface area contributed by atoms with Crippen LogP contribution in [0, 0.1) is 35.0 Å². The molecule has 1 saturated carbocycles. The molecule has 36 heavy (non-hydrogen) atoms. The fraction of sp³-hybridized carbons (Fsp3) is 0.500. The maximum atomic E-state index is 14.1. The van der Waals surface area contributed by atoms with Gasteiger partial charge in [-0.2, -0.15) is 0 Å². The van der Waals surface area contributed by atoms with Crippen molar-refractivity contribution in [3.05, 3.63) is 72.4 Å². The number of benzene rings is 1. The fourth-order valence-corrected chi connectivity index (χ4v) is 6.65. The van der Waals surface area contributed by atoms with E-state index in [-0.39, 0.29) is 35.5 Å². The number of nitrogens with one attached hydrogen (secondary N) is 1. The summed E-state index contributed by atoms with van der Waals surface area (Å²) in [6.45, 7) is 11.2. The van der Waals surface area contributed by atoms with Gasteiger partial charge in [-0.25, -0.2) is 0 Å². The molecule has 2 fully saturated rings. The third-order valence-electron chi connectivity index (χ3n) is 8.49. The number of rotatable bonds is 3. The molecular weight excluding hydrogens is 454 g/mol. The molecule has 3 aliphatic rings. The Bertz CT molecular complexity index is 1090. The van der Waals surface area contributed by atoms with E-state index in [1.54, 1.807) is 12.2 Å². The number of aliphatic hydroxyl groups is 1. The smallest absolute Gasteiger partial charge is 0.303 e. The van der Waals surface area contributed by atoms with Crippen LogP contribution in [0.1, 0.15) is 39.7 Å². The van der Waals surface area contributed by atoms with Crippen molar-refractivity contribution in [1.29, 1.82) is 0 Å². The lowest BCUT2D eigenvalue weighted by atomic mass is 9.51. The van der Waals surface area contributed by atoms with E-state index >= 15 is 0 Å². The third kappa shape index (κ3) is 4.36. The zero-order valence-electron chi connectivity index (χ0n) is 21.5. The Kier molecular flexibility index (Phi) is 7.37. The lowest BCUT2D eigenvalue weighted by Gasteiger charge is -2.52. The van der Waals surface area contributed by atoms with Gasteiger partial charge in [0, 0.05) is 36.6 Å². The van der Waals surface area contributed by atoms with Gasteiger partial charge >= 0.3 is 5.97 Å². The second-order valence-corrected chi connectivity index (χ2v) is 10.7. The number of Topliss-reactive ketones (excluding diaryl/α,β-unsaturated/α-hetero) is 1. The Morgan fingerprint density at radius 1 is 1.14 bits per heavy atom. The number of aliphatic hydroxyl groups excluding tert-OH is 1. The average molecular weight is 492 g/mol. The van der Waals surface area contributed by atoms with Gasteiger partial charge in [0.1, 0.15) is 17.3 Å². The number of esters is 1. The molecule has 2 N–H and O–H groups in total. The number of carbonyl (C=O) groups excluding carboxylic acids is 3. The standard InChI is InChI=1S/C30H37NO5/c1-17-10-9-13-23-28(34)20(4)19(3)26-24(16-22-11-7-6-8-12-22)31-29(35)30(23,26)25(36-21(5)32)15-14-18(2)27(17)33/h6-9,11-15,17-19,23-26,28,34H,4,10,16H2,1-3,5H3,(H,31,35)/b13-9+,15-14+/t17-,18-,19+,23?,24-,25?,26-,28+,30+/m0/s1. The summed E-state index contributed by atoms with van der Waals surface area (Å²) >= 11 is 0. The van der Waals surface area contributed by atoms with Crippen molar-refractivity contribution in [2.24, 2.45) is 35.0 Å². The molecule has 1 aliphatic heterocycles. The zero-order valence-corrected chi connectivity index (χ0v) is 21.5. The number of carbonyl (C=O) groups is 3. The molecule has 1 spiro atoms. The number of hydrogen-bond donors (Lipinski definition) is 2. The molecule has 2 unspecified atom stereocenters. The van der Waals surface area contributed by atoms with Crippen LogP contribution in [0.4, 0.5) is 0 Å². The van der Waals surface area contributed by atoms with Gasteiger partial charge in [-0.3, -0.25) is 14.4 Å². The van der Waals surface area contributed by atoms with Crippen LogP contribution < -0.4 is 5.32 Å². The van der Waals surface area contributed by atoms with E-state index < -0.39 is 35.4 Å². The topological polar surface area (TPSA) is 92.7 Å². The van der Waals surface area contributed by atoms with Gasteiger partial charge in [-0.05, 0) is 36.0 Å². The third-order valence-corrected chi connectivity index (χ3v) is 8.49. The molecule has 9 atom stereocenters. The first kappa shape index (κ1) is 26.1. The first-order valence-corrected chi connectivity index (χ1v) is 12.9. The number of ether oxygens (including phenoxy) is 1. The van der Waals surface area contributed by atoms with Gasteiger partial charge in [-0.1, -0.05) is 75.9 Å². The van der Waals surface area contributed by atoms with Gasteiger partial charge in [0.25, 0.3) is 0 Å². The van der Waals surface area contributed by atoms with Crippen LogP contribution >= 0.6 is 0 Å². The molecule has 1 amide bonds. The molecule has 1 heterocycles. The predicted molar refractivity (Wildman–Crippen MR) is 138 cm³/mol. The van der Waals surface area contributed by atoms with Crippen LogP contribution in [-0.4, -0.2) is 41.0 Å². The van der Waals surface area contributed by atoms with Crippen LogP contribution in [0.15, 0.2) is 66.8 Å². The normalized spacial score (nSPS) is 40.3. The van der Waals surface area contributed by atoms with Crippen LogP contribution in [0.5, 0.6) is 0 Å². The lowest BCUT2D eigenvalue weighted by molar-refractivity contribution is -0.166. The summed E-state index contributed by atoms with van der Waals surface area (Å²) in [7, 11) is 0. The number of hydrogen-bond acceptors (Lipinski definition) is 5. The molecule has 192 valence electrons. The maximum absolute atomic E-state index is 14.1. The Labute approximate surface area is 213 Å². The Balaban J connectivity index is 1.92. The van der Waals surface area contributed by atoms with Gasteiger partial charge < -0.3 is 15.2 Å². The highest BCUT2D eigenvalue weighted by atomic mass is 16.5. The summed E-state index contributed by atoms with van der Waals surface area (Å²) < 4.78 is 5.88. The van der Waals surface area contributed by atoms with Crippen LogP contribution in [0.3, 0.4) is 0 Å². The van der Waals surface area contributed by atoms with Gasteiger partial charge in [0.15, 0.2) is 0 Å². The first-order chi connectivity index (χ1) is 17.1. The van der Waals surface area contributed by atoms with Gasteiger partial charge in [-0.15, -0.1) is 0 Å². The van der Waals surface area contributed by atoms with E-state index in [1.807, 2.05) is 63.3 Å². The quantitative estimate of drug-likeness (QED) is 0.496. The van der Waals surface area contributed by atoms with E-state index in [2.05, 4.69) is 11.9 Å². The minimum Gasteiger partial charge on any atom is -0.457 e. The molecule has 0 radical (unpaired) electrons. The molecule has 1 aromatic rings. The highest BCUT2D eigenvalue weighted by molar-refractivity contribution is 5.89. The summed E-state index contributed by atoms with van der Waals surface area (Å²) in [6.07, 6.45) is 6.34. The molecule has 6 heteroatoms. The number of amides is 1. The monoisotopic (exact) mass is 491 g/mol. The summed E-state index contributed by atoms with van der Waals surface area (Å²) in [5.41, 5.74) is 0.493. The number of ketones is 1. The molecule has 1 aromatic carbocycles. The summed E-state index contributed by atoms with van der Waals surface area (Å²) in [5.74, 6) is -2.49. The first-order valence-electron chi connectivity index (χ1n) is 12.9. The van der Waals surface area contributed by atoms with Crippen LogP contribution in [0.2, 0.25) is 0 Å². The van der Waals surface area contributed by atoms with Gasteiger partial charge in [0.05, 0.1) is 6.10 Å². The van der Waals surface area contributed by atoms with E-state index in [1.165, 1.54) is 6.92 Å². The molecular formula is C30H37NO5. The Hall–Kier alpha value is -2.99. The molecule has 2 aliphatic carbocycles. The minimum atomic E-state index is -1.26. The zero-order chi connectivity index (χ0) is 26.2. The van der Waals surface area contributed by atoms with Crippen molar-refractivity contribution in [3.63, 3.8) is 0 Å². The predicted octanol–water partition coefficient (Wildman–Crippen LogP) is 3.80. The van der Waals surface area contributed by atoms with Crippen molar-refractivity contribution < 1.29 is 24.2 Å². The Morgan fingerprint density at radius 3 is 2.50 bits per heavy atom. The van der Waals surface area contributed by atoms with Crippen LogP contribution in [0.25, 0.3) is 0 Å². The minimum absolute atomic E-state index is 0.0764. The Morgan fingerprint density at radius 2 is 1.83 bits per heavy atom. The number of allylic oxidation sites excluding steroid dienone is 2. The summed E-state index contributed by atoms with van der Waals surface area (Å²) in [4.78, 5) is 39.4. The summed E-state index contributed by atoms with van der Waals surface area (Å²) in [6, 6.07) is 9.71. The second kappa shape index (κ2) is 10.2. The van der Waals surface area contributed by atoms with Crippen molar-refractivity contribution in [2.45, 2.75) is 58.8 Å². The highest BCUT2D eigenvalue weighted by Gasteiger charge is 2.68. The van der Waals surface area contributed by atoms with E-state index in [4.69, 9.17) is 4.74 Å². The van der Waals surface area contributed by atoms with E-state index in [0.717, 1.165) is 5.56 Å². The molecule has 1 saturated heterocycles. The fourth-order valence-electron chi connectivity index (χ4n) is 6.65.